The molecule has 1 amide bonds. The molecule has 7 heteroatoms. The monoisotopic (exact) mass is 316 g/mol. The van der Waals surface area contributed by atoms with Crippen LogP contribution in [0.15, 0.2) is 0 Å². The molecule has 0 spiro atoms. The lowest BCUT2D eigenvalue weighted by molar-refractivity contribution is -0.128. The van der Waals surface area contributed by atoms with E-state index in [0.717, 1.165) is 6.42 Å². The molecule has 0 saturated heterocycles. The lowest BCUT2D eigenvalue weighted by Gasteiger charge is -2.36. The van der Waals surface area contributed by atoms with Crippen LogP contribution in [0.25, 0.3) is 0 Å². The number of carbonyl (C=O) groups is 2. The first-order valence-corrected chi connectivity index (χ1v) is 9.01. The second kappa shape index (κ2) is 5.35. The van der Waals surface area contributed by atoms with Gasteiger partial charge in [-0.25, -0.2) is 13.1 Å². The molecule has 2 unspecified atom stereocenters. The van der Waals surface area contributed by atoms with Crippen LogP contribution in [0.5, 0.6) is 0 Å². The number of nitrogens with one attached hydrogen (secondary N) is 2. The van der Waals surface area contributed by atoms with Crippen molar-refractivity contribution in [2.75, 3.05) is 19.3 Å². The fourth-order valence-corrected chi connectivity index (χ4v) is 5.77. The summed E-state index contributed by atoms with van der Waals surface area (Å²) in [6.45, 7) is 4.08. The van der Waals surface area contributed by atoms with Crippen molar-refractivity contribution in [3.8, 4) is 0 Å². The van der Waals surface area contributed by atoms with Gasteiger partial charge < -0.3 is 5.32 Å². The molecule has 0 aromatic rings. The zero-order valence-corrected chi connectivity index (χ0v) is 13.7. The van der Waals surface area contributed by atoms with Crippen molar-refractivity contribution in [1.82, 2.24) is 10.0 Å². The third-order valence-corrected chi connectivity index (χ3v) is 7.05. The topological polar surface area (TPSA) is 92.3 Å². The highest BCUT2D eigenvalue weighted by Gasteiger charge is 2.65. The van der Waals surface area contributed by atoms with E-state index < -0.39 is 15.4 Å². The van der Waals surface area contributed by atoms with Gasteiger partial charge in [-0.15, -0.1) is 0 Å². The third-order valence-electron chi connectivity index (χ3n) is 5.53. The Balaban J connectivity index is 2.06. The van der Waals surface area contributed by atoms with Crippen molar-refractivity contribution in [1.29, 1.82) is 0 Å². The number of ketones is 1. The first-order valence-electron chi connectivity index (χ1n) is 7.36. The molecular formula is C14H24N2O4S. The van der Waals surface area contributed by atoms with Crippen LogP contribution in [0, 0.1) is 16.7 Å². The summed E-state index contributed by atoms with van der Waals surface area (Å²) in [5, 5.41) is 2.44. The molecule has 0 aromatic carbocycles. The number of sulfonamides is 1. The van der Waals surface area contributed by atoms with E-state index in [4.69, 9.17) is 0 Å². The summed E-state index contributed by atoms with van der Waals surface area (Å²) >= 11 is 0. The quantitative estimate of drug-likeness (QED) is 0.743. The van der Waals surface area contributed by atoms with Crippen molar-refractivity contribution in [2.45, 2.75) is 39.5 Å². The van der Waals surface area contributed by atoms with Crippen LogP contribution in [0.2, 0.25) is 0 Å². The number of hydrogen-bond acceptors (Lipinski definition) is 4. The molecule has 2 aliphatic rings. The van der Waals surface area contributed by atoms with Crippen LogP contribution in [0.1, 0.15) is 39.5 Å². The number of amides is 1. The van der Waals surface area contributed by atoms with E-state index in [9.17, 15) is 18.0 Å². The third kappa shape index (κ3) is 2.73. The van der Waals surface area contributed by atoms with Crippen molar-refractivity contribution < 1.29 is 18.0 Å². The van der Waals surface area contributed by atoms with Crippen molar-refractivity contribution in [3.63, 3.8) is 0 Å². The summed E-state index contributed by atoms with van der Waals surface area (Å²) in [6.07, 6.45) is 2.18. The first kappa shape index (κ1) is 16.4. The summed E-state index contributed by atoms with van der Waals surface area (Å²) in [4.78, 5) is 23.4. The Morgan fingerprint density at radius 1 is 1.38 bits per heavy atom. The molecule has 2 aliphatic carbocycles. The highest BCUT2D eigenvalue weighted by atomic mass is 32.2. The molecule has 0 aliphatic heterocycles. The molecule has 2 N–H and O–H groups in total. The number of Topliss-reactive ketones (excluding diaryl/α,β-unsaturated/α-hetero) is 1. The summed E-state index contributed by atoms with van der Waals surface area (Å²) in [6, 6.07) is 0. The molecule has 2 bridgehead atoms. The first-order chi connectivity index (χ1) is 9.64. The van der Waals surface area contributed by atoms with E-state index in [0.29, 0.717) is 18.8 Å². The van der Waals surface area contributed by atoms with Gasteiger partial charge in [-0.3, -0.25) is 9.59 Å². The van der Waals surface area contributed by atoms with E-state index in [2.05, 4.69) is 10.0 Å². The highest BCUT2D eigenvalue weighted by molar-refractivity contribution is 7.89. The Bertz CT molecular complexity index is 555. The maximum atomic E-state index is 12.3. The average molecular weight is 316 g/mol. The average Bonchev–Trinajstić information content (AvgIpc) is 2.71. The minimum absolute atomic E-state index is 0.0656. The number of fused-ring (bicyclic) bond motifs is 2. The minimum Gasteiger partial charge on any atom is -0.359 e. The Hall–Kier alpha value is -0.950. The standard InChI is InChI=1S/C14H24N2O4S/c1-13(2)10-4-6-14(13,11(17)8-10)9-21(19,20)16-7-5-12(18)15-3/h10,16H,4-9H2,1-3H3,(H,15,18). The van der Waals surface area contributed by atoms with E-state index in [1.807, 2.05) is 13.8 Å². The molecular weight excluding hydrogens is 292 g/mol. The van der Waals surface area contributed by atoms with Gasteiger partial charge >= 0.3 is 0 Å². The van der Waals surface area contributed by atoms with Gasteiger partial charge in [0.2, 0.25) is 15.9 Å². The Morgan fingerprint density at radius 3 is 2.52 bits per heavy atom. The second-order valence-corrected chi connectivity index (χ2v) is 8.55. The highest BCUT2D eigenvalue weighted by Crippen LogP contribution is 2.64. The molecule has 0 aromatic heterocycles. The molecule has 2 atom stereocenters. The lowest BCUT2D eigenvalue weighted by atomic mass is 9.70. The Labute approximate surface area is 126 Å². The van der Waals surface area contributed by atoms with Crippen LogP contribution in [0.3, 0.4) is 0 Å². The van der Waals surface area contributed by atoms with Crippen LogP contribution in [-0.4, -0.2) is 39.5 Å². The molecule has 0 heterocycles. The van der Waals surface area contributed by atoms with Crippen LogP contribution < -0.4 is 10.0 Å². The van der Waals surface area contributed by atoms with Gasteiger partial charge in [0, 0.05) is 31.8 Å². The molecule has 120 valence electrons. The van der Waals surface area contributed by atoms with Gasteiger partial charge in [0.15, 0.2) is 0 Å². The van der Waals surface area contributed by atoms with Crippen molar-refractivity contribution in [2.24, 2.45) is 16.7 Å². The fourth-order valence-electron chi connectivity index (χ4n) is 3.93. The largest absolute Gasteiger partial charge is 0.359 e. The zero-order valence-electron chi connectivity index (χ0n) is 12.9. The maximum Gasteiger partial charge on any atom is 0.221 e. The van der Waals surface area contributed by atoms with Gasteiger partial charge in [-0.1, -0.05) is 13.8 Å². The summed E-state index contributed by atoms with van der Waals surface area (Å²) in [5.41, 5.74) is -1.02. The van der Waals surface area contributed by atoms with E-state index in [1.54, 1.807) is 0 Å². The number of hydrogen-bond donors (Lipinski definition) is 2. The SMILES string of the molecule is CNC(=O)CCNS(=O)(=O)CC12CCC(CC1=O)C2(C)C. The van der Waals surface area contributed by atoms with Crippen LogP contribution >= 0.6 is 0 Å². The van der Waals surface area contributed by atoms with Gasteiger partial charge in [-0.05, 0) is 24.2 Å². The Morgan fingerprint density at radius 2 is 2.05 bits per heavy atom. The molecule has 2 rings (SSSR count). The molecule has 2 saturated carbocycles. The Kier molecular flexibility index (Phi) is 4.19. The number of rotatable bonds is 6. The van der Waals surface area contributed by atoms with Gasteiger partial charge in [-0.2, -0.15) is 0 Å². The van der Waals surface area contributed by atoms with Gasteiger partial charge in [0.05, 0.1) is 5.75 Å². The normalized spacial score (nSPS) is 30.6. The van der Waals surface area contributed by atoms with Crippen molar-refractivity contribution in [3.05, 3.63) is 0 Å². The van der Waals surface area contributed by atoms with Crippen LogP contribution in [-0.2, 0) is 19.6 Å². The summed E-state index contributed by atoms with van der Waals surface area (Å²) in [5.74, 6) is 0.0105. The fraction of sp³-hybridized carbons (Fsp3) is 0.857. The van der Waals surface area contributed by atoms with Gasteiger partial charge in [0.25, 0.3) is 0 Å². The minimum atomic E-state index is -3.57. The van der Waals surface area contributed by atoms with Crippen LogP contribution in [0.4, 0.5) is 0 Å². The maximum absolute atomic E-state index is 12.3. The predicted molar refractivity (Wildman–Crippen MR) is 79.0 cm³/mol. The predicted octanol–water partition coefficient (Wildman–Crippen LogP) is 0.437. The van der Waals surface area contributed by atoms with E-state index in [1.165, 1.54) is 7.05 Å². The second-order valence-electron chi connectivity index (χ2n) is 6.74. The molecule has 2 fully saturated rings. The lowest BCUT2D eigenvalue weighted by Crippen LogP contribution is -2.45. The molecule has 0 radical (unpaired) electrons. The van der Waals surface area contributed by atoms with E-state index >= 15 is 0 Å². The smallest absolute Gasteiger partial charge is 0.221 e. The molecule has 21 heavy (non-hydrogen) atoms. The summed E-state index contributed by atoms with van der Waals surface area (Å²) in [7, 11) is -2.06. The summed E-state index contributed by atoms with van der Waals surface area (Å²) < 4.78 is 27.0. The zero-order chi connectivity index (χ0) is 15.9. The van der Waals surface area contributed by atoms with Crippen molar-refractivity contribution >= 4 is 21.7 Å². The molecule has 6 nitrogen and oxygen atoms in total. The van der Waals surface area contributed by atoms with E-state index in [-0.39, 0.29) is 35.8 Å². The number of carbonyl (C=O) groups excluding carboxylic acids is 2. The van der Waals surface area contributed by atoms with Gasteiger partial charge in [0.1, 0.15) is 5.78 Å².